The highest BCUT2D eigenvalue weighted by atomic mass is 16.5. The van der Waals surface area contributed by atoms with Gasteiger partial charge in [-0.1, -0.05) is 17.3 Å². The second kappa shape index (κ2) is 5.72. The summed E-state index contributed by atoms with van der Waals surface area (Å²) in [5, 5.41) is 4.18. The van der Waals surface area contributed by atoms with E-state index in [-0.39, 0.29) is 0 Å². The minimum atomic E-state index is 0.585. The Labute approximate surface area is 130 Å². The lowest BCUT2D eigenvalue weighted by Gasteiger charge is -2.27. The first-order chi connectivity index (χ1) is 10.8. The van der Waals surface area contributed by atoms with E-state index in [1.165, 1.54) is 18.4 Å². The van der Waals surface area contributed by atoms with E-state index in [1.807, 2.05) is 12.1 Å². The molecule has 0 unspecified atom stereocenters. The number of para-hydroxylation sites is 1. The molecule has 2 aliphatic rings. The summed E-state index contributed by atoms with van der Waals surface area (Å²) in [6.07, 6.45) is 4.29. The van der Waals surface area contributed by atoms with Crippen LogP contribution in [0, 0.1) is 5.92 Å². The van der Waals surface area contributed by atoms with Crippen molar-refractivity contribution >= 4 is 0 Å². The van der Waals surface area contributed by atoms with Crippen LogP contribution in [0.2, 0.25) is 0 Å². The Balaban J connectivity index is 1.51. The highest BCUT2D eigenvalue weighted by Gasteiger charge is 2.23. The third-order valence-electron chi connectivity index (χ3n) is 4.72. The second-order valence-corrected chi connectivity index (χ2v) is 6.36. The molecule has 2 aromatic rings. The zero-order valence-electron chi connectivity index (χ0n) is 12.9. The van der Waals surface area contributed by atoms with Gasteiger partial charge in [-0.2, -0.15) is 4.98 Å². The van der Waals surface area contributed by atoms with E-state index in [4.69, 9.17) is 9.26 Å². The quantitative estimate of drug-likeness (QED) is 0.872. The largest absolute Gasteiger partial charge is 0.492 e. The van der Waals surface area contributed by atoms with Gasteiger partial charge in [0.15, 0.2) is 5.82 Å². The Hall–Kier alpha value is -1.88. The van der Waals surface area contributed by atoms with Gasteiger partial charge in [0, 0.05) is 12.8 Å². The number of hydrogen-bond donors (Lipinski definition) is 0. The standard InChI is InChI=1S/C17H21N3O2/c1-20-8-5-12(6-9-20)11-15-18-17(22-19-15)14-4-2-3-13-7-10-21-16(13)14/h2-4,12H,5-11H2,1H3. The number of likely N-dealkylation sites (tertiary alicyclic amines) is 1. The van der Waals surface area contributed by atoms with Crippen LogP contribution in [0.25, 0.3) is 11.5 Å². The first-order valence-electron chi connectivity index (χ1n) is 8.06. The van der Waals surface area contributed by atoms with Crippen molar-refractivity contribution < 1.29 is 9.26 Å². The summed E-state index contributed by atoms with van der Waals surface area (Å²) in [4.78, 5) is 6.98. The van der Waals surface area contributed by atoms with E-state index >= 15 is 0 Å². The lowest BCUT2D eigenvalue weighted by molar-refractivity contribution is 0.216. The molecule has 0 aliphatic carbocycles. The maximum atomic E-state index is 5.72. The minimum Gasteiger partial charge on any atom is -0.492 e. The normalized spacial score (nSPS) is 19.1. The molecule has 0 radical (unpaired) electrons. The van der Waals surface area contributed by atoms with E-state index in [9.17, 15) is 0 Å². The molecule has 0 bridgehead atoms. The number of benzene rings is 1. The van der Waals surface area contributed by atoms with Crippen molar-refractivity contribution in [1.82, 2.24) is 15.0 Å². The molecular weight excluding hydrogens is 278 g/mol. The molecule has 1 aromatic carbocycles. The van der Waals surface area contributed by atoms with Gasteiger partial charge in [0.05, 0.1) is 12.2 Å². The summed E-state index contributed by atoms with van der Waals surface area (Å²) in [5.41, 5.74) is 2.16. The molecule has 1 saturated heterocycles. The van der Waals surface area contributed by atoms with Gasteiger partial charge in [-0.3, -0.25) is 0 Å². The Morgan fingerprint density at radius 3 is 3.00 bits per heavy atom. The monoisotopic (exact) mass is 299 g/mol. The van der Waals surface area contributed by atoms with Crippen LogP contribution in [0.1, 0.15) is 24.2 Å². The molecule has 0 amide bonds. The van der Waals surface area contributed by atoms with Crippen molar-refractivity contribution in [2.75, 3.05) is 26.7 Å². The highest BCUT2D eigenvalue weighted by molar-refractivity contribution is 5.66. The van der Waals surface area contributed by atoms with Gasteiger partial charge in [0.1, 0.15) is 5.75 Å². The van der Waals surface area contributed by atoms with Gasteiger partial charge in [0.2, 0.25) is 0 Å². The Bertz CT molecular complexity index is 660. The topological polar surface area (TPSA) is 51.4 Å². The molecule has 1 fully saturated rings. The van der Waals surface area contributed by atoms with Crippen LogP contribution in [0.3, 0.4) is 0 Å². The van der Waals surface area contributed by atoms with E-state index in [0.717, 1.165) is 49.7 Å². The molecule has 3 heterocycles. The molecular formula is C17H21N3O2. The zero-order chi connectivity index (χ0) is 14.9. The Morgan fingerprint density at radius 2 is 2.14 bits per heavy atom. The summed E-state index contributed by atoms with van der Waals surface area (Å²) >= 11 is 0. The van der Waals surface area contributed by atoms with Gasteiger partial charge >= 0.3 is 0 Å². The number of ether oxygens (including phenoxy) is 1. The van der Waals surface area contributed by atoms with Crippen molar-refractivity contribution in [3.8, 4) is 17.2 Å². The van der Waals surface area contributed by atoms with Crippen LogP contribution < -0.4 is 4.74 Å². The van der Waals surface area contributed by atoms with Crippen LogP contribution in [0.15, 0.2) is 22.7 Å². The zero-order valence-corrected chi connectivity index (χ0v) is 12.9. The molecule has 1 aromatic heterocycles. The molecule has 0 spiro atoms. The van der Waals surface area contributed by atoms with E-state index < -0.39 is 0 Å². The lowest BCUT2D eigenvalue weighted by atomic mass is 9.93. The molecule has 5 nitrogen and oxygen atoms in total. The second-order valence-electron chi connectivity index (χ2n) is 6.36. The molecule has 0 atom stereocenters. The fourth-order valence-corrected chi connectivity index (χ4v) is 3.35. The van der Waals surface area contributed by atoms with Crippen molar-refractivity contribution in [1.29, 1.82) is 0 Å². The van der Waals surface area contributed by atoms with Crippen molar-refractivity contribution in [3.63, 3.8) is 0 Å². The summed E-state index contributed by atoms with van der Waals surface area (Å²) in [5.74, 6) is 2.98. The Kier molecular flexibility index (Phi) is 3.58. The third kappa shape index (κ3) is 2.61. The van der Waals surface area contributed by atoms with E-state index in [2.05, 4.69) is 28.2 Å². The molecule has 4 rings (SSSR count). The van der Waals surface area contributed by atoms with Gasteiger partial charge in [-0.25, -0.2) is 0 Å². The lowest BCUT2D eigenvalue weighted by Crippen LogP contribution is -2.31. The van der Waals surface area contributed by atoms with Gasteiger partial charge in [0.25, 0.3) is 5.89 Å². The molecule has 0 N–H and O–H groups in total. The summed E-state index contributed by atoms with van der Waals surface area (Å²) in [7, 11) is 2.18. The fourth-order valence-electron chi connectivity index (χ4n) is 3.35. The van der Waals surface area contributed by atoms with Crippen molar-refractivity contribution in [2.24, 2.45) is 5.92 Å². The molecule has 5 heteroatoms. The van der Waals surface area contributed by atoms with Crippen LogP contribution in [0.5, 0.6) is 5.75 Å². The average Bonchev–Trinajstić information content (AvgIpc) is 3.18. The summed E-state index contributed by atoms with van der Waals surface area (Å²) < 4.78 is 11.2. The number of nitrogens with zero attached hydrogens (tertiary/aromatic N) is 3. The van der Waals surface area contributed by atoms with Gasteiger partial charge in [-0.15, -0.1) is 0 Å². The molecule has 22 heavy (non-hydrogen) atoms. The molecule has 116 valence electrons. The van der Waals surface area contributed by atoms with Crippen LogP contribution in [-0.2, 0) is 12.8 Å². The highest BCUT2D eigenvalue weighted by Crippen LogP contribution is 2.36. The number of aromatic nitrogens is 2. The van der Waals surface area contributed by atoms with Gasteiger partial charge < -0.3 is 14.2 Å². The summed E-state index contributed by atoms with van der Waals surface area (Å²) in [6.45, 7) is 3.06. The Morgan fingerprint density at radius 1 is 1.27 bits per heavy atom. The predicted octanol–water partition coefficient (Wildman–Crippen LogP) is 2.56. The van der Waals surface area contributed by atoms with Crippen LogP contribution >= 0.6 is 0 Å². The predicted molar refractivity (Wildman–Crippen MR) is 82.9 cm³/mol. The number of rotatable bonds is 3. The molecule has 0 saturated carbocycles. The minimum absolute atomic E-state index is 0.585. The number of fused-ring (bicyclic) bond motifs is 1. The fraction of sp³-hybridized carbons (Fsp3) is 0.529. The van der Waals surface area contributed by atoms with E-state index in [0.29, 0.717) is 11.8 Å². The SMILES string of the molecule is CN1CCC(Cc2noc(-c3cccc4c3OCC4)n2)CC1. The first kappa shape index (κ1) is 13.8. The average molecular weight is 299 g/mol. The van der Waals surface area contributed by atoms with E-state index in [1.54, 1.807) is 0 Å². The summed E-state index contributed by atoms with van der Waals surface area (Å²) in [6, 6.07) is 6.13. The maximum absolute atomic E-state index is 5.72. The number of piperidine rings is 1. The van der Waals surface area contributed by atoms with Crippen molar-refractivity contribution in [3.05, 3.63) is 29.6 Å². The van der Waals surface area contributed by atoms with Crippen LogP contribution in [0.4, 0.5) is 0 Å². The van der Waals surface area contributed by atoms with Crippen LogP contribution in [-0.4, -0.2) is 41.8 Å². The maximum Gasteiger partial charge on any atom is 0.261 e. The number of hydrogen-bond acceptors (Lipinski definition) is 5. The smallest absolute Gasteiger partial charge is 0.261 e. The molecule has 2 aliphatic heterocycles. The third-order valence-corrected chi connectivity index (χ3v) is 4.72. The first-order valence-corrected chi connectivity index (χ1v) is 8.06. The van der Waals surface area contributed by atoms with Crippen molar-refractivity contribution in [2.45, 2.75) is 25.7 Å². The van der Waals surface area contributed by atoms with Gasteiger partial charge in [-0.05, 0) is 50.5 Å².